The minimum Gasteiger partial charge on any atom is -0.485 e. The number of rotatable bonds is 4. The Morgan fingerprint density at radius 1 is 1.28 bits per heavy atom. The molecule has 0 saturated heterocycles. The van der Waals surface area contributed by atoms with E-state index >= 15 is 0 Å². The number of halogens is 1. The van der Waals surface area contributed by atoms with Crippen LogP contribution in [0.3, 0.4) is 0 Å². The second-order valence-corrected chi connectivity index (χ2v) is 4.54. The molecule has 4 nitrogen and oxygen atoms in total. The van der Waals surface area contributed by atoms with E-state index in [4.69, 9.17) is 16.3 Å². The van der Waals surface area contributed by atoms with Crippen LogP contribution < -0.4 is 4.74 Å². The van der Waals surface area contributed by atoms with Gasteiger partial charge in [-0.15, -0.1) is 10.2 Å². The highest BCUT2D eigenvalue weighted by molar-refractivity contribution is 6.30. The van der Waals surface area contributed by atoms with E-state index in [2.05, 4.69) is 17.1 Å². The van der Waals surface area contributed by atoms with Crippen molar-refractivity contribution in [1.29, 1.82) is 0 Å². The number of aryl methyl sites for hydroxylation is 2. The van der Waals surface area contributed by atoms with Gasteiger partial charge < -0.3 is 9.30 Å². The predicted molar refractivity (Wildman–Crippen MR) is 71.0 cm³/mol. The molecule has 0 atom stereocenters. The maximum absolute atomic E-state index is 5.95. The molecule has 96 valence electrons. The summed E-state index contributed by atoms with van der Waals surface area (Å²) in [5.41, 5.74) is 1.05. The van der Waals surface area contributed by atoms with Crippen molar-refractivity contribution in [3.05, 3.63) is 40.4 Å². The predicted octanol–water partition coefficient (Wildman–Crippen LogP) is 3.15. The lowest BCUT2D eigenvalue weighted by Gasteiger charge is -2.10. The normalized spacial score (nSPS) is 10.7. The molecule has 0 spiro atoms. The van der Waals surface area contributed by atoms with Crippen molar-refractivity contribution in [2.75, 3.05) is 0 Å². The van der Waals surface area contributed by atoms with Crippen molar-refractivity contribution in [2.45, 2.75) is 33.9 Å². The Bertz CT molecular complexity index is 551. The van der Waals surface area contributed by atoms with Gasteiger partial charge >= 0.3 is 0 Å². The van der Waals surface area contributed by atoms with Gasteiger partial charge in [0, 0.05) is 11.6 Å². The van der Waals surface area contributed by atoms with Crippen LogP contribution in [-0.4, -0.2) is 14.8 Å². The van der Waals surface area contributed by atoms with Gasteiger partial charge in [0.1, 0.15) is 18.2 Å². The third-order valence-electron chi connectivity index (χ3n) is 2.84. The fourth-order valence-corrected chi connectivity index (χ4v) is 1.98. The van der Waals surface area contributed by atoms with Crippen LogP contribution in [-0.2, 0) is 13.2 Å². The van der Waals surface area contributed by atoms with Crippen LogP contribution in [0.15, 0.2) is 18.2 Å². The van der Waals surface area contributed by atoms with E-state index in [9.17, 15) is 0 Å². The lowest BCUT2D eigenvalue weighted by Crippen LogP contribution is -2.07. The summed E-state index contributed by atoms with van der Waals surface area (Å²) < 4.78 is 7.78. The molecule has 0 saturated carbocycles. The van der Waals surface area contributed by atoms with Crippen LogP contribution in [0.4, 0.5) is 0 Å². The van der Waals surface area contributed by atoms with Crippen LogP contribution in [0.5, 0.6) is 5.75 Å². The van der Waals surface area contributed by atoms with E-state index in [0.717, 1.165) is 29.5 Å². The number of ether oxygens (including phenoxy) is 1. The Balaban J connectivity index is 2.13. The van der Waals surface area contributed by atoms with Gasteiger partial charge in [-0.25, -0.2) is 0 Å². The fourth-order valence-electron chi connectivity index (χ4n) is 1.81. The van der Waals surface area contributed by atoms with E-state index < -0.39 is 0 Å². The van der Waals surface area contributed by atoms with Crippen molar-refractivity contribution in [1.82, 2.24) is 14.8 Å². The number of nitrogens with zero attached hydrogens (tertiary/aromatic N) is 3. The molecule has 0 N–H and O–H groups in total. The molecule has 0 radical (unpaired) electrons. The quantitative estimate of drug-likeness (QED) is 0.853. The molecular formula is C13H16ClN3O. The molecule has 1 aromatic carbocycles. The fraction of sp³-hybridized carbons (Fsp3) is 0.385. The average molecular weight is 266 g/mol. The van der Waals surface area contributed by atoms with Gasteiger partial charge in [-0.2, -0.15) is 0 Å². The number of aromatic nitrogens is 3. The van der Waals surface area contributed by atoms with E-state index in [1.807, 2.05) is 36.6 Å². The Morgan fingerprint density at radius 3 is 2.78 bits per heavy atom. The third kappa shape index (κ3) is 2.64. The molecule has 0 bridgehead atoms. The van der Waals surface area contributed by atoms with Crippen molar-refractivity contribution in [3.8, 4) is 5.75 Å². The van der Waals surface area contributed by atoms with Crippen LogP contribution in [0.1, 0.15) is 24.1 Å². The molecule has 18 heavy (non-hydrogen) atoms. The Labute approximate surface area is 112 Å². The summed E-state index contributed by atoms with van der Waals surface area (Å²) in [6.07, 6.45) is 0. The highest BCUT2D eigenvalue weighted by Gasteiger charge is 2.08. The zero-order valence-electron chi connectivity index (χ0n) is 10.8. The highest BCUT2D eigenvalue weighted by Crippen LogP contribution is 2.23. The lowest BCUT2D eigenvalue weighted by molar-refractivity contribution is 0.287. The number of hydrogen-bond acceptors (Lipinski definition) is 3. The zero-order chi connectivity index (χ0) is 13.1. The first-order chi connectivity index (χ1) is 8.61. The SMILES string of the molecule is CCn1c(C)nnc1COc1cc(Cl)ccc1C. The second kappa shape index (κ2) is 5.40. The topological polar surface area (TPSA) is 39.9 Å². The van der Waals surface area contributed by atoms with Crippen LogP contribution >= 0.6 is 11.6 Å². The van der Waals surface area contributed by atoms with E-state index in [1.54, 1.807) is 0 Å². The molecule has 0 fully saturated rings. The Morgan fingerprint density at radius 2 is 2.06 bits per heavy atom. The molecular weight excluding hydrogens is 250 g/mol. The zero-order valence-corrected chi connectivity index (χ0v) is 11.5. The molecule has 0 aliphatic rings. The number of benzene rings is 1. The largest absolute Gasteiger partial charge is 0.485 e. The monoisotopic (exact) mass is 265 g/mol. The molecule has 0 aliphatic carbocycles. The van der Waals surface area contributed by atoms with Crippen molar-refractivity contribution in [3.63, 3.8) is 0 Å². The molecule has 0 unspecified atom stereocenters. The van der Waals surface area contributed by atoms with Gasteiger partial charge in [0.2, 0.25) is 0 Å². The second-order valence-electron chi connectivity index (χ2n) is 4.11. The van der Waals surface area contributed by atoms with E-state index in [1.165, 1.54) is 0 Å². The van der Waals surface area contributed by atoms with Gasteiger partial charge in [-0.05, 0) is 38.5 Å². The summed E-state index contributed by atoms with van der Waals surface area (Å²) in [5.74, 6) is 2.51. The number of hydrogen-bond donors (Lipinski definition) is 0. The van der Waals surface area contributed by atoms with Crippen molar-refractivity contribution < 1.29 is 4.74 Å². The Kier molecular flexibility index (Phi) is 3.87. The van der Waals surface area contributed by atoms with Gasteiger partial charge in [0.25, 0.3) is 0 Å². The molecule has 1 aromatic heterocycles. The van der Waals surface area contributed by atoms with Crippen LogP contribution in [0.2, 0.25) is 5.02 Å². The third-order valence-corrected chi connectivity index (χ3v) is 3.07. The van der Waals surface area contributed by atoms with Gasteiger partial charge in [-0.3, -0.25) is 0 Å². The first kappa shape index (κ1) is 12.9. The summed E-state index contributed by atoms with van der Waals surface area (Å²) in [6.45, 7) is 7.22. The Hall–Kier alpha value is -1.55. The van der Waals surface area contributed by atoms with Gasteiger partial charge in [0.15, 0.2) is 5.82 Å². The molecule has 2 aromatic rings. The molecule has 5 heteroatoms. The standard InChI is InChI=1S/C13H16ClN3O/c1-4-17-10(3)15-16-13(17)8-18-12-7-11(14)6-5-9(12)2/h5-7H,4,8H2,1-3H3. The van der Waals surface area contributed by atoms with Crippen LogP contribution in [0, 0.1) is 13.8 Å². The minimum atomic E-state index is 0.399. The average Bonchev–Trinajstić information content (AvgIpc) is 2.71. The highest BCUT2D eigenvalue weighted by atomic mass is 35.5. The van der Waals surface area contributed by atoms with Gasteiger partial charge in [0.05, 0.1) is 0 Å². The minimum absolute atomic E-state index is 0.399. The molecule has 1 heterocycles. The van der Waals surface area contributed by atoms with Crippen molar-refractivity contribution >= 4 is 11.6 Å². The van der Waals surface area contributed by atoms with E-state index in [0.29, 0.717) is 11.6 Å². The first-order valence-electron chi connectivity index (χ1n) is 5.89. The maximum Gasteiger partial charge on any atom is 0.171 e. The summed E-state index contributed by atoms with van der Waals surface area (Å²) in [7, 11) is 0. The summed E-state index contributed by atoms with van der Waals surface area (Å²) in [6, 6.07) is 5.60. The molecule has 0 amide bonds. The van der Waals surface area contributed by atoms with Gasteiger partial charge in [-0.1, -0.05) is 17.7 Å². The first-order valence-corrected chi connectivity index (χ1v) is 6.27. The van der Waals surface area contributed by atoms with Crippen molar-refractivity contribution in [2.24, 2.45) is 0 Å². The molecule has 0 aliphatic heterocycles. The molecule has 2 rings (SSSR count). The van der Waals surface area contributed by atoms with Crippen LogP contribution in [0.25, 0.3) is 0 Å². The summed E-state index contributed by atoms with van der Waals surface area (Å²) in [4.78, 5) is 0. The smallest absolute Gasteiger partial charge is 0.171 e. The maximum atomic E-state index is 5.95. The summed E-state index contributed by atoms with van der Waals surface area (Å²) >= 11 is 5.95. The lowest BCUT2D eigenvalue weighted by atomic mass is 10.2. The van der Waals surface area contributed by atoms with E-state index in [-0.39, 0.29) is 0 Å². The summed E-state index contributed by atoms with van der Waals surface area (Å²) in [5, 5.41) is 8.83.